The largest absolute Gasteiger partial charge is 0.481 e. The van der Waals surface area contributed by atoms with E-state index >= 15 is 0 Å². The number of halogens is 3. The van der Waals surface area contributed by atoms with Gasteiger partial charge < -0.3 is 10.0 Å². The SMILES string of the molecule is CC(=O)N1CCCC(C(=O)O)(C(F)(F)F)C1. The molecule has 4 nitrogen and oxygen atoms in total. The van der Waals surface area contributed by atoms with Gasteiger partial charge in [0, 0.05) is 20.0 Å². The molecule has 1 rings (SSSR count). The van der Waals surface area contributed by atoms with Crippen LogP contribution in [0.25, 0.3) is 0 Å². The molecule has 92 valence electrons. The molecule has 0 aromatic rings. The van der Waals surface area contributed by atoms with Crippen LogP contribution in [0, 0.1) is 5.41 Å². The Bertz CT molecular complexity index is 316. The molecule has 0 aromatic carbocycles. The Labute approximate surface area is 90.0 Å². The van der Waals surface area contributed by atoms with Crippen molar-refractivity contribution in [1.82, 2.24) is 4.90 Å². The quantitative estimate of drug-likeness (QED) is 0.749. The fourth-order valence-electron chi connectivity index (χ4n) is 1.85. The van der Waals surface area contributed by atoms with Crippen molar-refractivity contribution in [2.75, 3.05) is 13.1 Å². The Morgan fingerprint density at radius 3 is 2.31 bits per heavy atom. The number of aliphatic carboxylic acids is 1. The molecule has 0 saturated carbocycles. The number of amides is 1. The zero-order valence-electron chi connectivity index (χ0n) is 8.67. The highest BCUT2D eigenvalue weighted by atomic mass is 19.4. The molecule has 1 saturated heterocycles. The Balaban J connectivity index is 3.03. The van der Waals surface area contributed by atoms with Gasteiger partial charge in [0.15, 0.2) is 5.41 Å². The van der Waals surface area contributed by atoms with Gasteiger partial charge in [-0.05, 0) is 12.8 Å². The van der Waals surface area contributed by atoms with Crippen LogP contribution in [-0.4, -0.2) is 41.1 Å². The molecule has 1 N–H and O–H groups in total. The van der Waals surface area contributed by atoms with Crippen molar-refractivity contribution in [2.24, 2.45) is 5.41 Å². The number of carbonyl (C=O) groups excluding carboxylic acids is 1. The predicted molar refractivity (Wildman–Crippen MR) is 47.6 cm³/mol. The van der Waals surface area contributed by atoms with Crippen LogP contribution >= 0.6 is 0 Å². The standard InChI is InChI=1S/C9H12F3NO3/c1-6(14)13-4-2-3-8(5-13,7(15)16)9(10,11)12/h2-5H2,1H3,(H,15,16). The summed E-state index contributed by atoms with van der Waals surface area (Å²) in [5, 5.41) is 8.77. The average molecular weight is 239 g/mol. The van der Waals surface area contributed by atoms with Crippen molar-refractivity contribution in [3.63, 3.8) is 0 Å². The average Bonchev–Trinajstić information content (AvgIpc) is 2.15. The van der Waals surface area contributed by atoms with Crippen LogP contribution in [-0.2, 0) is 9.59 Å². The molecule has 16 heavy (non-hydrogen) atoms. The van der Waals surface area contributed by atoms with E-state index in [-0.39, 0.29) is 13.0 Å². The van der Waals surface area contributed by atoms with Crippen LogP contribution in [0.15, 0.2) is 0 Å². The van der Waals surface area contributed by atoms with Crippen LogP contribution in [0.2, 0.25) is 0 Å². The van der Waals surface area contributed by atoms with Crippen molar-refractivity contribution in [3.8, 4) is 0 Å². The number of carboxylic acids is 1. The summed E-state index contributed by atoms with van der Waals surface area (Å²) in [5.74, 6) is -2.44. The van der Waals surface area contributed by atoms with E-state index in [2.05, 4.69) is 0 Å². The van der Waals surface area contributed by atoms with Crippen LogP contribution in [0.1, 0.15) is 19.8 Å². The molecular weight excluding hydrogens is 227 g/mol. The normalized spacial score (nSPS) is 26.6. The number of piperidine rings is 1. The van der Waals surface area contributed by atoms with Crippen LogP contribution in [0.4, 0.5) is 13.2 Å². The van der Waals surface area contributed by atoms with Crippen molar-refractivity contribution < 1.29 is 27.9 Å². The summed E-state index contributed by atoms with van der Waals surface area (Å²) >= 11 is 0. The Kier molecular flexibility index (Phi) is 3.16. The van der Waals surface area contributed by atoms with E-state index in [1.165, 1.54) is 0 Å². The zero-order chi connectivity index (χ0) is 12.6. The molecule has 0 spiro atoms. The highest BCUT2D eigenvalue weighted by molar-refractivity contribution is 5.79. The van der Waals surface area contributed by atoms with Gasteiger partial charge in [-0.3, -0.25) is 9.59 Å². The van der Waals surface area contributed by atoms with Crippen LogP contribution in [0.5, 0.6) is 0 Å². The van der Waals surface area contributed by atoms with Crippen molar-refractivity contribution >= 4 is 11.9 Å². The van der Waals surface area contributed by atoms with Gasteiger partial charge in [0.25, 0.3) is 0 Å². The van der Waals surface area contributed by atoms with Gasteiger partial charge in [-0.25, -0.2) is 0 Å². The topological polar surface area (TPSA) is 57.6 Å². The summed E-state index contributed by atoms with van der Waals surface area (Å²) in [5.41, 5.74) is -2.81. The molecule has 1 atom stereocenters. The summed E-state index contributed by atoms with van der Waals surface area (Å²) in [4.78, 5) is 22.8. The minimum Gasteiger partial charge on any atom is -0.481 e. The lowest BCUT2D eigenvalue weighted by atomic mass is 9.79. The molecule has 1 aliphatic rings. The first-order valence-corrected chi connectivity index (χ1v) is 4.76. The third-order valence-electron chi connectivity index (χ3n) is 2.89. The lowest BCUT2D eigenvalue weighted by Gasteiger charge is -2.40. The molecule has 1 unspecified atom stereocenters. The minimum absolute atomic E-state index is 0.0470. The molecule has 0 aliphatic carbocycles. The third kappa shape index (κ3) is 1.98. The molecule has 0 aromatic heterocycles. The van der Waals surface area contributed by atoms with Gasteiger partial charge in [-0.1, -0.05) is 0 Å². The highest BCUT2D eigenvalue weighted by Crippen LogP contribution is 2.45. The maximum atomic E-state index is 12.8. The number of nitrogens with zero attached hydrogens (tertiary/aromatic N) is 1. The summed E-state index contributed by atoms with van der Waals surface area (Å²) in [6.07, 6.45) is -5.27. The van der Waals surface area contributed by atoms with E-state index in [9.17, 15) is 22.8 Å². The van der Waals surface area contributed by atoms with Gasteiger partial charge >= 0.3 is 12.1 Å². The van der Waals surface area contributed by atoms with Crippen LogP contribution < -0.4 is 0 Å². The smallest absolute Gasteiger partial charge is 0.406 e. The van der Waals surface area contributed by atoms with Gasteiger partial charge in [0.1, 0.15) is 0 Å². The summed E-state index contributed by atoms with van der Waals surface area (Å²) in [6, 6.07) is 0. The first-order valence-electron chi connectivity index (χ1n) is 4.76. The van der Waals surface area contributed by atoms with E-state index in [0.717, 1.165) is 11.8 Å². The molecule has 7 heteroatoms. The molecule has 1 aliphatic heterocycles. The second-order valence-electron chi connectivity index (χ2n) is 3.93. The van der Waals surface area contributed by atoms with E-state index in [0.29, 0.717) is 0 Å². The van der Waals surface area contributed by atoms with Gasteiger partial charge in [0.2, 0.25) is 5.91 Å². The maximum absolute atomic E-state index is 12.8. The molecule has 1 amide bonds. The van der Waals surface area contributed by atoms with Crippen molar-refractivity contribution in [1.29, 1.82) is 0 Å². The number of hydrogen-bond acceptors (Lipinski definition) is 2. The van der Waals surface area contributed by atoms with Gasteiger partial charge in [0.05, 0.1) is 0 Å². The zero-order valence-corrected chi connectivity index (χ0v) is 8.67. The second kappa shape index (κ2) is 3.95. The van der Waals surface area contributed by atoms with E-state index in [4.69, 9.17) is 5.11 Å². The Morgan fingerprint density at radius 1 is 1.38 bits per heavy atom. The van der Waals surface area contributed by atoms with E-state index in [1.807, 2.05) is 0 Å². The number of rotatable bonds is 1. The first kappa shape index (κ1) is 12.8. The lowest BCUT2D eigenvalue weighted by Crippen LogP contribution is -2.56. The molecule has 0 radical (unpaired) electrons. The number of hydrogen-bond donors (Lipinski definition) is 1. The van der Waals surface area contributed by atoms with Gasteiger partial charge in [-0.2, -0.15) is 13.2 Å². The summed E-state index contributed by atoms with van der Waals surface area (Å²) in [7, 11) is 0. The summed E-state index contributed by atoms with van der Waals surface area (Å²) in [6.45, 7) is 0.524. The maximum Gasteiger partial charge on any atom is 0.406 e. The predicted octanol–water partition coefficient (Wildman–Crippen LogP) is 1.26. The molecule has 1 heterocycles. The Morgan fingerprint density at radius 2 is 1.94 bits per heavy atom. The molecule has 1 fully saturated rings. The van der Waals surface area contributed by atoms with Crippen molar-refractivity contribution in [2.45, 2.75) is 25.9 Å². The number of alkyl halides is 3. The highest BCUT2D eigenvalue weighted by Gasteiger charge is 2.62. The van der Waals surface area contributed by atoms with E-state index < -0.39 is 36.4 Å². The third-order valence-corrected chi connectivity index (χ3v) is 2.89. The van der Waals surface area contributed by atoms with E-state index in [1.54, 1.807) is 0 Å². The van der Waals surface area contributed by atoms with Gasteiger partial charge in [-0.15, -0.1) is 0 Å². The monoisotopic (exact) mass is 239 g/mol. The molecular formula is C9H12F3NO3. The number of likely N-dealkylation sites (tertiary alicyclic amines) is 1. The fraction of sp³-hybridized carbons (Fsp3) is 0.778. The minimum atomic E-state index is -4.84. The lowest BCUT2D eigenvalue weighted by molar-refractivity contribution is -0.242. The number of carboxylic acid groups (broad SMARTS) is 1. The number of carbonyl (C=O) groups is 2. The fourth-order valence-corrected chi connectivity index (χ4v) is 1.85. The second-order valence-corrected chi connectivity index (χ2v) is 3.93. The summed E-state index contributed by atoms with van der Waals surface area (Å²) < 4.78 is 38.3. The first-order chi connectivity index (χ1) is 7.21. The molecule has 0 bridgehead atoms. The van der Waals surface area contributed by atoms with Crippen molar-refractivity contribution in [3.05, 3.63) is 0 Å². The van der Waals surface area contributed by atoms with Crippen LogP contribution in [0.3, 0.4) is 0 Å². The Hall–Kier alpha value is -1.27.